The summed E-state index contributed by atoms with van der Waals surface area (Å²) >= 11 is 0. The second-order valence-corrected chi connectivity index (χ2v) is 2.83. The summed E-state index contributed by atoms with van der Waals surface area (Å²) in [5.41, 5.74) is -0.332. The first-order chi connectivity index (χ1) is 7.86. The third kappa shape index (κ3) is 6.68. The van der Waals surface area contributed by atoms with Gasteiger partial charge in [-0.2, -0.15) is 0 Å². The van der Waals surface area contributed by atoms with Gasteiger partial charge in [0.1, 0.15) is 12.7 Å². The molecule has 0 aromatic rings. The van der Waals surface area contributed by atoms with Crippen molar-refractivity contribution in [3.8, 4) is 0 Å². The third-order valence-electron chi connectivity index (χ3n) is 1.39. The molecule has 17 heavy (non-hydrogen) atoms. The van der Waals surface area contributed by atoms with Crippen molar-refractivity contribution in [1.82, 2.24) is 0 Å². The molecule has 0 amide bonds. The smallest absolute Gasteiger partial charge is 0.338 e. The first-order valence-corrected chi connectivity index (χ1v) is 4.19. The summed E-state index contributed by atoms with van der Waals surface area (Å²) in [5.74, 6) is -4.16. The number of hydrogen-bond acceptors (Lipinski definition) is 6. The molecule has 0 saturated heterocycles. The minimum Gasteiger partial charge on any atom is -0.481 e. The van der Waals surface area contributed by atoms with Crippen LogP contribution < -0.4 is 0 Å². The molecule has 0 radical (unpaired) electrons. The molecule has 3 N–H and O–H groups in total. The number of rotatable bonds is 7. The minimum absolute atomic E-state index is 0.332. The zero-order valence-corrected chi connectivity index (χ0v) is 8.58. The Bertz CT molecular complexity index is 367. The SMILES string of the molecule is C=C(CC(=O)O)C(=O)O/C=C(/CC(=O)O)OO. The van der Waals surface area contributed by atoms with E-state index < -0.39 is 36.5 Å². The van der Waals surface area contributed by atoms with Crippen LogP contribution in [0.5, 0.6) is 0 Å². The van der Waals surface area contributed by atoms with Crippen molar-refractivity contribution < 1.29 is 39.5 Å². The highest BCUT2D eigenvalue weighted by atomic mass is 17.1. The number of esters is 1. The Morgan fingerprint density at radius 1 is 1.12 bits per heavy atom. The third-order valence-corrected chi connectivity index (χ3v) is 1.39. The summed E-state index contributed by atoms with van der Waals surface area (Å²) in [4.78, 5) is 35.2. The number of carbonyl (C=O) groups excluding carboxylic acids is 1. The molecular formula is C9H10O8. The topological polar surface area (TPSA) is 130 Å². The Kier molecular flexibility index (Phi) is 6.04. The average molecular weight is 246 g/mol. The van der Waals surface area contributed by atoms with Gasteiger partial charge in [-0.3, -0.25) is 9.59 Å². The van der Waals surface area contributed by atoms with Crippen molar-refractivity contribution >= 4 is 17.9 Å². The van der Waals surface area contributed by atoms with Crippen molar-refractivity contribution in [3.63, 3.8) is 0 Å². The van der Waals surface area contributed by atoms with E-state index in [0.29, 0.717) is 6.26 Å². The van der Waals surface area contributed by atoms with E-state index >= 15 is 0 Å². The molecule has 0 bridgehead atoms. The van der Waals surface area contributed by atoms with Crippen molar-refractivity contribution in [2.45, 2.75) is 12.8 Å². The molecule has 8 heteroatoms. The number of carbonyl (C=O) groups is 3. The van der Waals surface area contributed by atoms with E-state index in [9.17, 15) is 14.4 Å². The molecule has 0 atom stereocenters. The Balaban J connectivity index is 4.37. The van der Waals surface area contributed by atoms with Crippen molar-refractivity contribution in [2.75, 3.05) is 0 Å². The van der Waals surface area contributed by atoms with Crippen LogP contribution in [0.4, 0.5) is 0 Å². The average Bonchev–Trinajstić information content (AvgIpc) is 2.22. The molecule has 0 unspecified atom stereocenters. The molecule has 0 aliphatic carbocycles. The van der Waals surface area contributed by atoms with E-state index in [0.717, 1.165) is 0 Å². The maximum Gasteiger partial charge on any atom is 0.338 e. The highest BCUT2D eigenvalue weighted by Crippen LogP contribution is 2.06. The lowest BCUT2D eigenvalue weighted by Crippen LogP contribution is -2.09. The Morgan fingerprint density at radius 3 is 2.06 bits per heavy atom. The van der Waals surface area contributed by atoms with Crippen LogP contribution in [0.15, 0.2) is 24.2 Å². The summed E-state index contributed by atoms with van der Waals surface area (Å²) in [6.45, 7) is 3.16. The summed E-state index contributed by atoms with van der Waals surface area (Å²) in [5, 5.41) is 24.9. The molecule has 8 nitrogen and oxygen atoms in total. The molecule has 0 saturated carbocycles. The number of hydrogen-bond donors (Lipinski definition) is 3. The number of carboxylic acids is 2. The van der Waals surface area contributed by atoms with Crippen LogP contribution in [-0.4, -0.2) is 33.4 Å². The normalized spacial score (nSPS) is 10.5. The van der Waals surface area contributed by atoms with E-state index in [4.69, 9.17) is 15.5 Å². The van der Waals surface area contributed by atoms with Gasteiger partial charge in [-0.1, -0.05) is 6.58 Å². The van der Waals surface area contributed by atoms with Gasteiger partial charge >= 0.3 is 17.9 Å². The van der Waals surface area contributed by atoms with Crippen molar-refractivity contribution in [2.24, 2.45) is 0 Å². The van der Waals surface area contributed by atoms with Gasteiger partial charge < -0.3 is 19.8 Å². The largest absolute Gasteiger partial charge is 0.481 e. The lowest BCUT2D eigenvalue weighted by atomic mass is 10.2. The fourth-order valence-corrected chi connectivity index (χ4v) is 0.702. The van der Waals surface area contributed by atoms with Crippen LogP contribution in [0.25, 0.3) is 0 Å². The van der Waals surface area contributed by atoms with E-state index in [1.807, 2.05) is 0 Å². The lowest BCUT2D eigenvalue weighted by Gasteiger charge is -2.02. The fraction of sp³-hybridized carbons (Fsp3) is 0.222. The summed E-state index contributed by atoms with van der Waals surface area (Å²) < 4.78 is 4.35. The highest BCUT2D eigenvalue weighted by molar-refractivity contribution is 5.93. The molecule has 0 rings (SSSR count). The molecular weight excluding hydrogens is 236 g/mol. The van der Waals surface area contributed by atoms with Crippen LogP contribution in [0, 0.1) is 0 Å². The number of carboxylic acid groups (broad SMARTS) is 2. The number of aliphatic carboxylic acids is 2. The summed E-state index contributed by atoms with van der Waals surface area (Å²) in [6.07, 6.45) is -0.750. The van der Waals surface area contributed by atoms with Crippen LogP contribution in [-0.2, 0) is 24.0 Å². The molecule has 0 aromatic carbocycles. The van der Waals surface area contributed by atoms with Crippen LogP contribution in [0.2, 0.25) is 0 Å². The summed E-state index contributed by atoms with van der Waals surface area (Å²) in [7, 11) is 0. The Hall–Kier alpha value is -2.35. The molecule has 0 aliphatic heterocycles. The van der Waals surface area contributed by atoms with E-state index in [1.54, 1.807) is 0 Å². The second-order valence-electron chi connectivity index (χ2n) is 2.83. The van der Waals surface area contributed by atoms with Gasteiger partial charge in [0.05, 0.1) is 6.42 Å². The highest BCUT2D eigenvalue weighted by Gasteiger charge is 2.13. The summed E-state index contributed by atoms with van der Waals surface area (Å²) in [6, 6.07) is 0. The van der Waals surface area contributed by atoms with E-state index in [1.165, 1.54) is 0 Å². The van der Waals surface area contributed by atoms with E-state index in [-0.39, 0.29) is 5.57 Å². The lowest BCUT2D eigenvalue weighted by molar-refractivity contribution is -0.209. The van der Waals surface area contributed by atoms with Crippen LogP contribution >= 0.6 is 0 Å². The van der Waals surface area contributed by atoms with Gasteiger partial charge in [0.2, 0.25) is 0 Å². The molecule has 0 aliphatic rings. The fourth-order valence-electron chi connectivity index (χ4n) is 0.702. The van der Waals surface area contributed by atoms with E-state index in [2.05, 4.69) is 16.2 Å². The predicted octanol–water partition coefficient (Wildman–Crippen LogP) is 0.366. The van der Waals surface area contributed by atoms with Gasteiger partial charge in [0, 0.05) is 5.57 Å². The van der Waals surface area contributed by atoms with Crippen molar-refractivity contribution in [1.29, 1.82) is 0 Å². The van der Waals surface area contributed by atoms with Crippen LogP contribution in [0.1, 0.15) is 12.8 Å². The molecule has 0 spiro atoms. The maximum absolute atomic E-state index is 11.1. The zero-order chi connectivity index (χ0) is 13.4. The minimum atomic E-state index is -1.31. The predicted molar refractivity (Wildman–Crippen MR) is 51.5 cm³/mol. The molecule has 0 fully saturated rings. The Labute approximate surface area is 95.3 Å². The van der Waals surface area contributed by atoms with Gasteiger partial charge in [0.15, 0.2) is 5.76 Å². The number of ether oxygens (including phenoxy) is 1. The monoisotopic (exact) mass is 246 g/mol. The molecule has 0 aromatic heterocycles. The zero-order valence-electron chi connectivity index (χ0n) is 8.58. The Morgan fingerprint density at radius 2 is 1.65 bits per heavy atom. The maximum atomic E-state index is 11.1. The molecule has 0 heterocycles. The van der Waals surface area contributed by atoms with Gasteiger partial charge in [-0.25, -0.2) is 10.1 Å². The van der Waals surface area contributed by atoms with Gasteiger partial charge in [-0.15, -0.1) is 0 Å². The quantitative estimate of drug-likeness (QED) is 0.193. The molecule has 94 valence electrons. The van der Waals surface area contributed by atoms with Gasteiger partial charge in [-0.05, 0) is 0 Å². The van der Waals surface area contributed by atoms with Crippen molar-refractivity contribution in [3.05, 3.63) is 24.2 Å². The second kappa shape index (κ2) is 7.01. The first-order valence-electron chi connectivity index (χ1n) is 4.19. The first kappa shape index (κ1) is 14.6. The van der Waals surface area contributed by atoms with Gasteiger partial charge in [0.25, 0.3) is 0 Å². The standard InChI is InChI=1S/C9H10O8/c1-5(2-7(10)11)9(14)16-4-6(17-15)3-8(12)13/h4,15H,1-3H2,(H,10,11)(H,12,13)/b6-4-. The van der Waals surface area contributed by atoms with Crippen LogP contribution in [0.3, 0.4) is 0 Å².